The molecule has 2 heteroatoms. The Morgan fingerprint density at radius 1 is 1.25 bits per heavy atom. The predicted molar refractivity (Wildman–Crippen MR) is 63.8 cm³/mol. The van der Waals surface area contributed by atoms with Crippen LogP contribution in [0.15, 0.2) is 18.2 Å². The molecular formula is C14H18O2. The van der Waals surface area contributed by atoms with E-state index < -0.39 is 0 Å². The van der Waals surface area contributed by atoms with Crippen molar-refractivity contribution in [3.05, 3.63) is 29.3 Å². The van der Waals surface area contributed by atoms with E-state index in [-0.39, 0.29) is 5.75 Å². The summed E-state index contributed by atoms with van der Waals surface area (Å²) in [6.07, 6.45) is 8.37. The van der Waals surface area contributed by atoms with E-state index in [2.05, 4.69) is 0 Å². The fourth-order valence-corrected chi connectivity index (χ4v) is 2.54. The van der Waals surface area contributed by atoms with Gasteiger partial charge in [0.25, 0.3) is 0 Å². The lowest BCUT2D eigenvalue weighted by Crippen LogP contribution is -2.09. The van der Waals surface area contributed by atoms with Crippen LogP contribution in [0.25, 0.3) is 0 Å². The Hall–Kier alpha value is -1.31. The summed E-state index contributed by atoms with van der Waals surface area (Å²) in [5, 5.41) is 9.59. The van der Waals surface area contributed by atoms with Crippen molar-refractivity contribution in [1.29, 1.82) is 0 Å². The lowest BCUT2D eigenvalue weighted by Gasteiger charge is -2.21. The van der Waals surface area contributed by atoms with Gasteiger partial charge in [0.05, 0.1) is 5.56 Å². The highest BCUT2D eigenvalue weighted by atomic mass is 16.3. The molecule has 0 amide bonds. The van der Waals surface area contributed by atoms with Crippen LogP contribution in [0.2, 0.25) is 0 Å². The fraction of sp³-hybridized carbons (Fsp3) is 0.500. The number of aromatic hydroxyl groups is 1. The number of aldehydes is 1. The van der Waals surface area contributed by atoms with Crippen LogP contribution in [0.5, 0.6) is 5.75 Å². The smallest absolute Gasteiger partial charge is 0.153 e. The first-order valence-electron chi connectivity index (χ1n) is 6.06. The molecule has 0 aromatic heterocycles. The summed E-state index contributed by atoms with van der Waals surface area (Å²) in [6, 6.07) is 5.40. The van der Waals surface area contributed by atoms with Crippen LogP contribution in [0, 0.1) is 5.92 Å². The molecule has 0 bridgehead atoms. The Morgan fingerprint density at radius 2 is 2.00 bits per heavy atom. The summed E-state index contributed by atoms with van der Waals surface area (Å²) in [7, 11) is 0. The third-order valence-electron chi connectivity index (χ3n) is 3.47. The summed E-state index contributed by atoms with van der Waals surface area (Å²) in [6.45, 7) is 0. The molecular weight excluding hydrogens is 200 g/mol. The Labute approximate surface area is 96.3 Å². The van der Waals surface area contributed by atoms with Gasteiger partial charge in [0.2, 0.25) is 0 Å². The number of carbonyl (C=O) groups excluding carboxylic acids is 1. The van der Waals surface area contributed by atoms with Crippen LogP contribution < -0.4 is 0 Å². The summed E-state index contributed by atoms with van der Waals surface area (Å²) in [4.78, 5) is 10.6. The van der Waals surface area contributed by atoms with E-state index in [0.29, 0.717) is 11.8 Å². The number of rotatable bonds is 3. The number of phenolic OH excluding ortho intramolecular Hbond substituents is 1. The zero-order valence-corrected chi connectivity index (χ0v) is 9.48. The molecule has 0 atom stereocenters. The van der Waals surface area contributed by atoms with Gasteiger partial charge < -0.3 is 5.11 Å². The van der Waals surface area contributed by atoms with Crippen LogP contribution in [-0.4, -0.2) is 11.4 Å². The van der Waals surface area contributed by atoms with Gasteiger partial charge in [0.1, 0.15) is 5.75 Å². The molecule has 1 aromatic carbocycles. The van der Waals surface area contributed by atoms with Gasteiger partial charge in [-0.15, -0.1) is 0 Å². The number of benzene rings is 1. The van der Waals surface area contributed by atoms with E-state index in [0.717, 1.165) is 17.9 Å². The minimum atomic E-state index is 0.114. The second-order valence-corrected chi connectivity index (χ2v) is 4.72. The number of hydrogen-bond acceptors (Lipinski definition) is 2. The maximum Gasteiger partial charge on any atom is 0.153 e. The highest BCUT2D eigenvalue weighted by Gasteiger charge is 2.14. The first-order valence-corrected chi connectivity index (χ1v) is 6.06. The van der Waals surface area contributed by atoms with Crippen molar-refractivity contribution in [3.63, 3.8) is 0 Å². The molecule has 1 saturated carbocycles. The largest absolute Gasteiger partial charge is 0.507 e. The van der Waals surface area contributed by atoms with Crippen molar-refractivity contribution < 1.29 is 9.90 Å². The second-order valence-electron chi connectivity index (χ2n) is 4.72. The Morgan fingerprint density at radius 3 is 2.62 bits per heavy atom. The zero-order chi connectivity index (χ0) is 11.4. The molecule has 1 aromatic rings. The van der Waals surface area contributed by atoms with Gasteiger partial charge in [-0.25, -0.2) is 0 Å². The summed E-state index contributed by atoms with van der Waals surface area (Å²) < 4.78 is 0. The minimum Gasteiger partial charge on any atom is -0.507 e. The van der Waals surface area contributed by atoms with Gasteiger partial charge in [-0.3, -0.25) is 4.79 Å². The molecule has 1 fully saturated rings. The summed E-state index contributed by atoms with van der Waals surface area (Å²) >= 11 is 0. The monoisotopic (exact) mass is 218 g/mol. The predicted octanol–water partition coefficient (Wildman–Crippen LogP) is 3.33. The van der Waals surface area contributed by atoms with E-state index in [9.17, 15) is 9.90 Å². The first kappa shape index (κ1) is 11.2. The van der Waals surface area contributed by atoms with Gasteiger partial charge in [0, 0.05) is 0 Å². The van der Waals surface area contributed by atoms with Gasteiger partial charge in [-0.05, 0) is 30.0 Å². The molecule has 1 N–H and O–H groups in total. The molecule has 1 aliphatic rings. The molecule has 0 aliphatic heterocycles. The lowest BCUT2D eigenvalue weighted by atomic mass is 9.85. The van der Waals surface area contributed by atoms with Crippen molar-refractivity contribution >= 4 is 6.29 Å². The van der Waals surface area contributed by atoms with Crippen LogP contribution in [0.1, 0.15) is 48.0 Å². The first-order chi connectivity index (χ1) is 7.79. The molecule has 0 saturated heterocycles. The standard InChI is InChI=1S/C14H18O2/c15-10-13-7-6-12(9-14(13)16)8-11-4-2-1-3-5-11/h6-7,9-11,16H,1-5,8H2. The molecule has 0 unspecified atom stereocenters. The Balaban J connectivity index is 2.03. The Kier molecular flexibility index (Phi) is 3.60. The maximum atomic E-state index is 10.6. The molecule has 0 spiro atoms. The molecule has 1 aliphatic carbocycles. The van der Waals surface area contributed by atoms with Gasteiger partial charge in [-0.1, -0.05) is 38.2 Å². The zero-order valence-electron chi connectivity index (χ0n) is 9.48. The van der Waals surface area contributed by atoms with Crippen molar-refractivity contribution in [2.75, 3.05) is 0 Å². The van der Waals surface area contributed by atoms with E-state index in [4.69, 9.17) is 0 Å². The van der Waals surface area contributed by atoms with Crippen LogP contribution in [0.4, 0.5) is 0 Å². The van der Waals surface area contributed by atoms with Gasteiger partial charge in [0.15, 0.2) is 6.29 Å². The topological polar surface area (TPSA) is 37.3 Å². The van der Waals surface area contributed by atoms with Crippen molar-refractivity contribution in [1.82, 2.24) is 0 Å². The van der Waals surface area contributed by atoms with Crippen LogP contribution in [0.3, 0.4) is 0 Å². The van der Waals surface area contributed by atoms with Crippen LogP contribution in [-0.2, 0) is 6.42 Å². The Bertz CT molecular complexity index is 365. The lowest BCUT2D eigenvalue weighted by molar-refractivity contribution is 0.112. The minimum absolute atomic E-state index is 0.114. The van der Waals surface area contributed by atoms with Crippen molar-refractivity contribution in [2.24, 2.45) is 5.92 Å². The summed E-state index contributed by atoms with van der Waals surface area (Å²) in [5.41, 5.74) is 1.53. The molecule has 86 valence electrons. The van der Waals surface area contributed by atoms with Gasteiger partial charge in [-0.2, -0.15) is 0 Å². The third kappa shape index (κ3) is 2.63. The van der Waals surface area contributed by atoms with Gasteiger partial charge >= 0.3 is 0 Å². The number of carbonyl (C=O) groups is 1. The van der Waals surface area contributed by atoms with E-state index in [1.165, 1.54) is 32.1 Å². The molecule has 0 radical (unpaired) electrons. The SMILES string of the molecule is O=Cc1ccc(CC2CCCCC2)cc1O. The molecule has 2 rings (SSSR count). The van der Waals surface area contributed by atoms with E-state index in [1.807, 2.05) is 6.07 Å². The quantitative estimate of drug-likeness (QED) is 0.790. The average molecular weight is 218 g/mol. The molecule has 0 heterocycles. The average Bonchev–Trinajstić information content (AvgIpc) is 2.31. The summed E-state index contributed by atoms with van der Waals surface area (Å²) in [5.74, 6) is 0.874. The number of phenols is 1. The number of hydrogen-bond donors (Lipinski definition) is 1. The maximum absolute atomic E-state index is 10.6. The second kappa shape index (κ2) is 5.15. The van der Waals surface area contributed by atoms with E-state index >= 15 is 0 Å². The molecule has 16 heavy (non-hydrogen) atoms. The normalized spacial score (nSPS) is 17.2. The van der Waals surface area contributed by atoms with Crippen LogP contribution >= 0.6 is 0 Å². The highest BCUT2D eigenvalue weighted by Crippen LogP contribution is 2.28. The van der Waals surface area contributed by atoms with E-state index in [1.54, 1.807) is 12.1 Å². The highest BCUT2D eigenvalue weighted by molar-refractivity contribution is 5.79. The van der Waals surface area contributed by atoms with Crippen molar-refractivity contribution in [3.8, 4) is 5.75 Å². The third-order valence-corrected chi connectivity index (χ3v) is 3.47. The fourth-order valence-electron chi connectivity index (χ4n) is 2.54. The molecule has 2 nitrogen and oxygen atoms in total. The van der Waals surface area contributed by atoms with Crippen molar-refractivity contribution in [2.45, 2.75) is 38.5 Å².